The lowest BCUT2D eigenvalue weighted by Crippen LogP contribution is -2.34. The third-order valence-electron chi connectivity index (χ3n) is 2.76. The van der Waals surface area contributed by atoms with Crippen molar-refractivity contribution in [2.24, 2.45) is 0 Å². The molecular formula is C12H15NO4. The van der Waals surface area contributed by atoms with E-state index in [0.29, 0.717) is 12.1 Å². The first-order valence-corrected chi connectivity index (χ1v) is 5.51. The third kappa shape index (κ3) is 2.05. The minimum atomic E-state index is -1.26. The molecule has 0 atom stereocenters. The number of aryl methyl sites for hydroxylation is 2. The molecule has 92 valence electrons. The summed E-state index contributed by atoms with van der Waals surface area (Å²) in [6.07, 6.45) is 1.19. The fraction of sp³-hybridized carbons (Fsp3) is 0.500. The van der Waals surface area contributed by atoms with E-state index in [0.717, 1.165) is 17.7 Å². The molecule has 1 aliphatic carbocycles. The summed E-state index contributed by atoms with van der Waals surface area (Å²) in [5, 5.41) is 0. The summed E-state index contributed by atoms with van der Waals surface area (Å²) >= 11 is 0. The van der Waals surface area contributed by atoms with E-state index in [-0.39, 0.29) is 0 Å². The number of nitrogens with one attached hydrogen (secondary N) is 1. The Morgan fingerprint density at radius 2 is 1.88 bits per heavy atom. The molecule has 2 rings (SSSR count). The summed E-state index contributed by atoms with van der Waals surface area (Å²) in [5.41, 5.74) is 2.67. The molecule has 17 heavy (non-hydrogen) atoms. The standard InChI is InChI=1S/C12H15NO4/c1-7-6-10-4-5-12(11(10)13-7,16-8(2)14)17-9(3)15/h6,13H,4-5H2,1-3H3. The quantitative estimate of drug-likeness (QED) is 0.626. The maximum absolute atomic E-state index is 11.2. The number of fused-ring (bicyclic) bond motifs is 1. The second kappa shape index (κ2) is 3.91. The van der Waals surface area contributed by atoms with E-state index < -0.39 is 17.7 Å². The van der Waals surface area contributed by atoms with Crippen LogP contribution < -0.4 is 0 Å². The predicted molar refractivity (Wildman–Crippen MR) is 59.1 cm³/mol. The van der Waals surface area contributed by atoms with Gasteiger partial charge in [-0.15, -0.1) is 0 Å². The summed E-state index contributed by atoms with van der Waals surface area (Å²) in [7, 11) is 0. The highest BCUT2D eigenvalue weighted by molar-refractivity contribution is 5.69. The summed E-state index contributed by atoms with van der Waals surface area (Å²) < 4.78 is 10.5. The molecule has 0 unspecified atom stereocenters. The maximum atomic E-state index is 11.2. The molecule has 1 aromatic rings. The largest absolute Gasteiger partial charge is 0.417 e. The van der Waals surface area contributed by atoms with E-state index in [2.05, 4.69) is 4.98 Å². The van der Waals surface area contributed by atoms with E-state index in [1.807, 2.05) is 13.0 Å². The zero-order valence-corrected chi connectivity index (χ0v) is 10.1. The van der Waals surface area contributed by atoms with Crippen LogP contribution in [0.15, 0.2) is 6.07 Å². The molecule has 0 spiro atoms. The van der Waals surface area contributed by atoms with Gasteiger partial charge in [-0.1, -0.05) is 0 Å². The minimum Gasteiger partial charge on any atom is -0.417 e. The molecular weight excluding hydrogens is 222 g/mol. The fourth-order valence-electron chi connectivity index (χ4n) is 2.30. The highest BCUT2D eigenvalue weighted by Crippen LogP contribution is 2.41. The molecule has 0 saturated carbocycles. The average molecular weight is 237 g/mol. The number of hydrogen-bond acceptors (Lipinski definition) is 4. The van der Waals surface area contributed by atoms with Crippen molar-refractivity contribution < 1.29 is 19.1 Å². The Balaban J connectivity index is 2.41. The number of aromatic nitrogens is 1. The first-order chi connectivity index (χ1) is 7.93. The highest BCUT2D eigenvalue weighted by atomic mass is 16.7. The van der Waals surface area contributed by atoms with Crippen LogP contribution in [0, 0.1) is 6.92 Å². The molecule has 5 nitrogen and oxygen atoms in total. The van der Waals surface area contributed by atoms with Gasteiger partial charge in [-0.25, -0.2) is 0 Å². The topological polar surface area (TPSA) is 68.4 Å². The SMILES string of the molecule is CC(=O)OC1(OC(C)=O)CCc2cc(C)[nH]c21. The second-order valence-electron chi connectivity index (χ2n) is 4.29. The Kier molecular flexibility index (Phi) is 2.69. The molecule has 0 aliphatic heterocycles. The van der Waals surface area contributed by atoms with Crippen LogP contribution in [-0.4, -0.2) is 16.9 Å². The highest BCUT2D eigenvalue weighted by Gasteiger charge is 2.46. The number of aromatic amines is 1. The zero-order valence-electron chi connectivity index (χ0n) is 10.1. The fourth-order valence-corrected chi connectivity index (χ4v) is 2.30. The van der Waals surface area contributed by atoms with Crippen LogP contribution in [0.1, 0.15) is 37.2 Å². The smallest absolute Gasteiger partial charge is 0.306 e. The molecule has 1 aliphatic rings. The van der Waals surface area contributed by atoms with Crippen molar-refractivity contribution in [1.29, 1.82) is 0 Å². The average Bonchev–Trinajstić information content (AvgIpc) is 2.65. The lowest BCUT2D eigenvalue weighted by Gasteiger charge is -2.27. The first-order valence-electron chi connectivity index (χ1n) is 5.51. The monoisotopic (exact) mass is 237 g/mol. The normalized spacial score (nSPS) is 16.4. The van der Waals surface area contributed by atoms with Crippen LogP contribution in [0.3, 0.4) is 0 Å². The van der Waals surface area contributed by atoms with Crippen LogP contribution in [0.4, 0.5) is 0 Å². The van der Waals surface area contributed by atoms with Crippen LogP contribution >= 0.6 is 0 Å². The van der Waals surface area contributed by atoms with Crippen molar-refractivity contribution in [2.75, 3.05) is 0 Å². The van der Waals surface area contributed by atoms with E-state index in [9.17, 15) is 9.59 Å². The number of hydrogen-bond donors (Lipinski definition) is 1. The van der Waals surface area contributed by atoms with Gasteiger partial charge in [-0.05, 0) is 25.0 Å². The minimum absolute atomic E-state index is 0.466. The van der Waals surface area contributed by atoms with Crippen LogP contribution in [0.2, 0.25) is 0 Å². The van der Waals surface area contributed by atoms with Gasteiger partial charge in [-0.3, -0.25) is 9.59 Å². The summed E-state index contributed by atoms with van der Waals surface area (Å²) in [5.74, 6) is -2.20. The molecule has 0 aromatic carbocycles. The van der Waals surface area contributed by atoms with Crippen LogP contribution in [-0.2, 0) is 31.3 Å². The molecule has 0 bridgehead atoms. The van der Waals surface area contributed by atoms with Gasteiger partial charge in [0, 0.05) is 26.0 Å². The predicted octanol–water partition coefficient (Wildman–Crippen LogP) is 1.55. The first kappa shape index (κ1) is 11.7. The molecule has 5 heteroatoms. The van der Waals surface area contributed by atoms with Crippen molar-refractivity contribution in [3.63, 3.8) is 0 Å². The molecule has 0 radical (unpaired) electrons. The van der Waals surface area contributed by atoms with Crippen LogP contribution in [0.5, 0.6) is 0 Å². The number of H-pyrrole nitrogens is 1. The van der Waals surface area contributed by atoms with Crippen molar-refractivity contribution in [3.8, 4) is 0 Å². The van der Waals surface area contributed by atoms with E-state index in [1.54, 1.807) is 0 Å². The third-order valence-corrected chi connectivity index (χ3v) is 2.76. The summed E-state index contributed by atoms with van der Waals surface area (Å²) in [6.45, 7) is 4.52. The summed E-state index contributed by atoms with van der Waals surface area (Å²) in [4.78, 5) is 25.5. The van der Waals surface area contributed by atoms with Crippen LogP contribution in [0.25, 0.3) is 0 Å². The van der Waals surface area contributed by atoms with Gasteiger partial charge in [0.15, 0.2) is 0 Å². The van der Waals surface area contributed by atoms with Crippen molar-refractivity contribution in [2.45, 2.75) is 39.4 Å². The van der Waals surface area contributed by atoms with Gasteiger partial charge in [-0.2, -0.15) is 0 Å². The Labute approximate surface area is 99.1 Å². The van der Waals surface area contributed by atoms with Gasteiger partial charge in [0.2, 0.25) is 0 Å². The Bertz CT molecular complexity index is 459. The number of carbonyl (C=O) groups is 2. The molecule has 0 amide bonds. The number of esters is 2. The zero-order chi connectivity index (χ0) is 12.6. The lowest BCUT2D eigenvalue weighted by atomic mass is 10.2. The van der Waals surface area contributed by atoms with E-state index in [1.165, 1.54) is 13.8 Å². The number of rotatable bonds is 2. The lowest BCUT2D eigenvalue weighted by molar-refractivity contribution is -0.232. The molecule has 1 N–H and O–H groups in total. The second-order valence-corrected chi connectivity index (χ2v) is 4.29. The van der Waals surface area contributed by atoms with Gasteiger partial charge < -0.3 is 14.5 Å². The molecule has 1 heterocycles. The van der Waals surface area contributed by atoms with Crippen molar-refractivity contribution in [3.05, 3.63) is 23.0 Å². The molecule has 0 fully saturated rings. The van der Waals surface area contributed by atoms with Gasteiger partial charge in [0.1, 0.15) is 5.69 Å². The Morgan fingerprint density at radius 3 is 2.41 bits per heavy atom. The number of carbonyl (C=O) groups excluding carboxylic acids is 2. The Hall–Kier alpha value is -1.78. The number of ether oxygens (including phenoxy) is 2. The molecule has 0 saturated heterocycles. The summed E-state index contributed by atoms with van der Waals surface area (Å²) in [6, 6.07) is 1.98. The van der Waals surface area contributed by atoms with E-state index in [4.69, 9.17) is 9.47 Å². The van der Waals surface area contributed by atoms with E-state index >= 15 is 0 Å². The Morgan fingerprint density at radius 1 is 1.29 bits per heavy atom. The van der Waals surface area contributed by atoms with Crippen molar-refractivity contribution in [1.82, 2.24) is 4.98 Å². The van der Waals surface area contributed by atoms with Gasteiger partial charge in [0.05, 0.1) is 0 Å². The van der Waals surface area contributed by atoms with Crippen molar-refractivity contribution >= 4 is 11.9 Å². The van der Waals surface area contributed by atoms with Gasteiger partial charge >= 0.3 is 11.9 Å². The molecule has 1 aromatic heterocycles. The van der Waals surface area contributed by atoms with Gasteiger partial charge in [0.25, 0.3) is 5.79 Å². The maximum Gasteiger partial charge on any atom is 0.306 e.